The van der Waals surface area contributed by atoms with E-state index in [1.165, 1.54) is 12.8 Å². The van der Waals surface area contributed by atoms with Gasteiger partial charge in [0.2, 0.25) is 0 Å². The van der Waals surface area contributed by atoms with Crippen molar-refractivity contribution < 1.29 is 9.84 Å². The third-order valence-electron chi connectivity index (χ3n) is 1.64. The van der Waals surface area contributed by atoms with Crippen LogP contribution in [-0.2, 0) is 4.74 Å². The Bertz CT molecular complexity index is 88.6. The summed E-state index contributed by atoms with van der Waals surface area (Å²) in [5, 5.41) is 9.20. The van der Waals surface area contributed by atoms with Gasteiger partial charge in [-0.25, -0.2) is 0 Å². The summed E-state index contributed by atoms with van der Waals surface area (Å²) in [4.78, 5) is 0. The molecule has 0 aliphatic carbocycles. The van der Waals surface area contributed by atoms with Gasteiger partial charge < -0.3 is 9.84 Å². The second-order valence-corrected chi connectivity index (χ2v) is 3.24. The highest BCUT2D eigenvalue weighted by molar-refractivity contribution is 6.17. The summed E-state index contributed by atoms with van der Waals surface area (Å²) >= 11 is 5.46. The van der Waals surface area contributed by atoms with Crippen molar-refractivity contribution in [3.63, 3.8) is 0 Å². The molecule has 0 aromatic rings. The molecule has 0 amide bonds. The number of rotatable bonds is 8. The minimum absolute atomic E-state index is 0.593. The molecule has 2 nitrogen and oxygen atoms in total. The normalized spacial score (nSPS) is 13.2. The summed E-state index contributed by atoms with van der Waals surface area (Å²) in [6, 6.07) is 0. The zero-order valence-electron chi connectivity index (χ0n) is 7.76. The maximum Gasteiger partial charge on any atom is 0.154 e. The van der Waals surface area contributed by atoms with Gasteiger partial charge in [-0.3, -0.25) is 0 Å². The molecule has 74 valence electrons. The first kappa shape index (κ1) is 12.2. The van der Waals surface area contributed by atoms with E-state index < -0.39 is 6.29 Å². The van der Waals surface area contributed by atoms with E-state index in [9.17, 15) is 5.11 Å². The largest absolute Gasteiger partial charge is 0.368 e. The second kappa shape index (κ2) is 9.30. The lowest BCUT2D eigenvalue weighted by atomic mass is 10.3. The van der Waals surface area contributed by atoms with Crippen LogP contribution in [0.2, 0.25) is 0 Å². The molecule has 0 aliphatic rings. The maximum absolute atomic E-state index is 9.20. The fourth-order valence-electron chi connectivity index (χ4n) is 0.907. The summed E-state index contributed by atoms with van der Waals surface area (Å²) in [6.45, 7) is 2.81. The zero-order chi connectivity index (χ0) is 9.23. The van der Waals surface area contributed by atoms with Gasteiger partial charge in [0.15, 0.2) is 6.29 Å². The molecule has 0 saturated carbocycles. The summed E-state index contributed by atoms with van der Waals surface area (Å²) < 4.78 is 5.14. The van der Waals surface area contributed by atoms with Gasteiger partial charge in [0, 0.05) is 12.5 Å². The molecule has 3 heteroatoms. The number of halogens is 1. The van der Waals surface area contributed by atoms with Crippen LogP contribution in [0.1, 0.15) is 39.0 Å². The molecule has 0 aromatic heterocycles. The predicted molar refractivity (Wildman–Crippen MR) is 51.4 cm³/mol. The van der Waals surface area contributed by atoms with Gasteiger partial charge in [-0.1, -0.05) is 19.8 Å². The van der Waals surface area contributed by atoms with Crippen LogP contribution < -0.4 is 0 Å². The first-order valence-corrected chi connectivity index (χ1v) is 5.20. The number of alkyl halides is 1. The monoisotopic (exact) mass is 194 g/mol. The van der Waals surface area contributed by atoms with Crippen LogP contribution in [0.25, 0.3) is 0 Å². The third kappa shape index (κ3) is 8.31. The van der Waals surface area contributed by atoms with Crippen LogP contribution in [0.4, 0.5) is 0 Å². The molecule has 0 aliphatic heterocycles. The van der Waals surface area contributed by atoms with E-state index in [-0.39, 0.29) is 0 Å². The van der Waals surface area contributed by atoms with Crippen molar-refractivity contribution in [1.29, 1.82) is 0 Å². The van der Waals surface area contributed by atoms with Crippen LogP contribution in [0.3, 0.4) is 0 Å². The molecule has 1 unspecified atom stereocenters. The Kier molecular flexibility index (Phi) is 9.46. The lowest BCUT2D eigenvalue weighted by Crippen LogP contribution is -2.12. The van der Waals surface area contributed by atoms with Crippen molar-refractivity contribution in [2.24, 2.45) is 0 Å². The van der Waals surface area contributed by atoms with E-state index in [2.05, 4.69) is 6.92 Å². The Labute approximate surface area is 79.9 Å². The van der Waals surface area contributed by atoms with Gasteiger partial charge in [0.05, 0.1) is 0 Å². The molecule has 12 heavy (non-hydrogen) atoms. The smallest absolute Gasteiger partial charge is 0.154 e. The lowest BCUT2D eigenvalue weighted by molar-refractivity contribution is -0.104. The van der Waals surface area contributed by atoms with Crippen LogP contribution in [-0.4, -0.2) is 23.9 Å². The molecule has 0 spiro atoms. The molecule has 1 N–H and O–H groups in total. The average molecular weight is 195 g/mol. The summed E-state index contributed by atoms with van der Waals surface area (Å²) in [5.41, 5.74) is 0. The fourth-order valence-corrected chi connectivity index (χ4v) is 1.06. The Hall–Kier alpha value is 0.210. The highest BCUT2D eigenvalue weighted by atomic mass is 35.5. The van der Waals surface area contributed by atoms with Gasteiger partial charge in [-0.05, 0) is 19.3 Å². The van der Waals surface area contributed by atoms with Gasteiger partial charge in [-0.15, -0.1) is 11.6 Å². The Morgan fingerprint density at radius 3 is 2.67 bits per heavy atom. The molecule has 0 rings (SSSR count). The van der Waals surface area contributed by atoms with E-state index in [0.29, 0.717) is 18.9 Å². The van der Waals surface area contributed by atoms with Gasteiger partial charge in [0.25, 0.3) is 0 Å². The van der Waals surface area contributed by atoms with Crippen molar-refractivity contribution in [1.82, 2.24) is 0 Å². The number of hydrogen-bond acceptors (Lipinski definition) is 2. The second-order valence-electron chi connectivity index (χ2n) is 2.86. The van der Waals surface area contributed by atoms with Crippen LogP contribution in [0.15, 0.2) is 0 Å². The van der Waals surface area contributed by atoms with E-state index in [0.717, 1.165) is 12.8 Å². The van der Waals surface area contributed by atoms with Gasteiger partial charge in [-0.2, -0.15) is 0 Å². The van der Waals surface area contributed by atoms with Gasteiger partial charge >= 0.3 is 0 Å². The topological polar surface area (TPSA) is 29.5 Å². The lowest BCUT2D eigenvalue weighted by Gasteiger charge is -2.10. The minimum Gasteiger partial charge on any atom is -0.368 e. The molecule has 0 radical (unpaired) electrons. The minimum atomic E-state index is -0.611. The van der Waals surface area contributed by atoms with Crippen molar-refractivity contribution >= 4 is 11.6 Å². The van der Waals surface area contributed by atoms with Crippen LogP contribution in [0, 0.1) is 0 Å². The first-order chi connectivity index (χ1) is 5.81. The van der Waals surface area contributed by atoms with E-state index in [1.807, 2.05) is 0 Å². The highest BCUT2D eigenvalue weighted by Gasteiger charge is 2.01. The first-order valence-electron chi connectivity index (χ1n) is 4.67. The number of ether oxygens (including phenoxy) is 1. The highest BCUT2D eigenvalue weighted by Crippen LogP contribution is 2.02. The molecule has 1 atom stereocenters. The zero-order valence-corrected chi connectivity index (χ0v) is 8.52. The average Bonchev–Trinajstić information content (AvgIpc) is 2.09. The molecule has 0 saturated heterocycles. The Morgan fingerprint density at radius 2 is 2.08 bits per heavy atom. The van der Waals surface area contributed by atoms with Crippen molar-refractivity contribution in [3.05, 3.63) is 0 Å². The van der Waals surface area contributed by atoms with E-state index in [1.54, 1.807) is 0 Å². The molecule has 0 fully saturated rings. The summed E-state index contributed by atoms with van der Waals surface area (Å²) in [6.07, 6.45) is 4.24. The Morgan fingerprint density at radius 1 is 1.33 bits per heavy atom. The number of hydrogen-bond donors (Lipinski definition) is 1. The fraction of sp³-hybridized carbons (Fsp3) is 1.00. The number of unbranched alkanes of at least 4 members (excludes halogenated alkanes) is 2. The molecular formula is C9H19ClO2. The third-order valence-corrected chi connectivity index (χ3v) is 1.91. The van der Waals surface area contributed by atoms with Crippen molar-refractivity contribution in [2.75, 3.05) is 12.5 Å². The van der Waals surface area contributed by atoms with E-state index in [4.69, 9.17) is 16.3 Å². The molecule has 0 heterocycles. The van der Waals surface area contributed by atoms with Crippen molar-refractivity contribution in [2.45, 2.75) is 45.3 Å². The standard InChI is InChI=1S/C9H19ClO2/c1-2-3-4-8-12-9(11)6-5-7-10/h9,11H,2-8H2,1H3. The van der Waals surface area contributed by atoms with Crippen LogP contribution in [0.5, 0.6) is 0 Å². The SMILES string of the molecule is CCCCCOC(O)CCCCl. The Balaban J connectivity index is 3.02. The predicted octanol–water partition coefficient (Wildman–Crippen LogP) is 2.53. The quantitative estimate of drug-likeness (QED) is 0.366. The summed E-state index contributed by atoms with van der Waals surface area (Å²) in [7, 11) is 0. The van der Waals surface area contributed by atoms with Crippen LogP contribution >= 0.6 is 11.6 Å². The number of aliphatic hydroxyl groups is 1. The molecular weight excluding hydrogens is 176 g/mol. The number of aliphatic hydroxyl groups excluding tert-OH is 1. The van der Waals surface area contributed by atoms with Crippen molar-refractivity contribution in [3.8, 4) is 0 Å². The molecule has 0 aromatic carbocycles. The molecule has 0 bridgehead atoms. The maximum atomic E-state index is 9.20. The van der Waals surface area contributed by atoms with E-state index >= 15 is 0 Å². The van der Waals surface area contributed by atoms with Gasteiger partial charge in [0.1, 0.15) is 0 Å². The summed E-state index contributed by atoms with van der Waals surface area (Å²) in [5.74, 6) is 0.593.